The Hall–Kier alpha value is -3.73. The second-order valence-electron chi connectivity index (χ2n) is 8.59. The zero-order valence-electron chi connectivity index (χ0n) is 20.3. The molecule has 12 heteroatoms. The number of aromatic nitrogens is 2. The van der Waals surface area contributed by atoms with E-state index in [2.05, 4.69) is 25.6 Å². The van der Waals surface area contributed by atoms with Crippen molar-refractivity contribution in [2.75, 3.05) is 56.5 Å². The number of halogens is 1. The monoisotopic (exact) mass is 512 g/mol. The quantitative estimate of drug-likeness (QED) is 0.540. The van der Waals surface area contributed by atoms with Gasteiger partial charge in [-0.25, -0.2) is 15.0 Å². The molecule has 0 radical (unpaired) electrons. The smallest absolute Gasteiger partial charge is 0.270 e. The molecule has 0 atom stereocenters. The predicted molar refractivity (Wildman–Crippen MR) is 138 cm³/mol. The van der Waals surface area contributed by atoms with Crippen LogP contribution in [0, 0.1) is 0 Å². The standard InChI is InChI=1S/C24H29ClN8O3/c1-16(34)26-9-10-27-20-15-21(29-23(28-20)17-3-5-18(25)6-4-17)32-11-13-33(14-12-32)24(36)19-7-8-22(35)31(2)30-19/h3-6,15H,7-14H2,1-2H3,(H,26,34)(H,27,28,29). The number of nitrogens with zero attached hydrogens (tertiary/aromatic N) is 6. The highest BCUT2D eigenvalue weighted by atomic mass is 35.5. The second kappa shape index (κ2) is 11.3. The summed E-state index contributed by atoms with van der Waals surface area (Å²) in [5.41, 5.74) is 1.25. The summed E-state index contributed by atoms with van der Waals surface area (Å²) in [6.07, 6.45) is 0.666. The first-order chi connectivity index (χ1) is 17.3. The highest BCUT2D eigenvalue weighted by Crippen LogP contribution is 2.25. The Morgan fingerprint density at radius 1 is 1.03 bits per heavy atom. The maximum atomic E-state index is 12.9. The molecule has 0 bridgehead atoms. The number of amides is 3. The summed E-state index contributed by atoms with van der Waals surface area (Å²) in [7, 11) is 1.57. The molecule has 2 aliphatic rings. The lowest BCUT2D eigenvalue weighted by molar-refractivity contribution is -0.130. The molecule has 0 saturated carbocycles. The van der Waals surface area contributed by atoms with Crippen LogP contribution in [-0.4, -0.2) is 89.6 Å². The van der Waals surface area contributed by atoms with Gasteiger partial charge < -0.3 is 20.4 Å². The van der Waals surface area contributed by atoms with E-state index in [0.717, 1.165) is 11.4 Å². The van der Waals surface area contributed by atoms with Crippen LogP contribution >= 0.6 is 11.6 Å². The van der Waals surface area contributed by atoms with Crippen LogP contribution in [0.3, 0.4) is 0 Å². The van der Waals surface area contributed by atoms with Gasteiger partial charge in [-0.05, 0) is 24.3 Å². The fourth-order valence-corrected chi connectivity index (χ4v) is 4.11. The van der Waals surface area contributed by atoms with E-state index < -0.39 is 0 Å². The number of benzene rings is 1. The van der Waals surface area contributed by atoms with Crippen LogP contribution in [0.4, 0.5) is 11.6 Å². The third-order valence-corrected chi connectivity index (χ3v) is 6.22. The fourth-order valence-electron chi connectivity index (χ4n) is 3.99. The van der Waals surface area contributed by atoms with Crippen LogP contribution < -0.4 is 15.5 Å². The summed E-state index contributed by atoms with van der Waals surface area (Å²) in [5, 5.41) is 12.0. The molecule has 3 amide bonds. The zero-order valence-corrected chi connectivity index (χ0v) is 21.1. The Morgan fingerprint density at radius 2 is 1.75 bits per heavy atom. The number of hydrogen-bond acceptors (Lipinski definition) is 8. The Labute approximate surface area is 214 Å². The van der Waals surface area contributed by atoms with Crippen molar-refractivity contribution in [3.63, 3.8) is 0 Å². The zero-order chi connectivity index (χ0) is 25.7. The molecule has 1 saturated heterocycles. The second-order valence-corrected chi connectivity index (χ2v) is 9.03. The number of piperazine rings is 1. The lowest BCUT2D eigenvalue weighted by Crippen LogP contribution is -2.51. The van der Waals surface area contributed by atoms with Crippen LogP contribution in [-0.2, 0) is 14.4 Å². The SMILES string of the molecule is CC(=O)NCCNc1cc(N2CCN(C(=O)C3=NN(C)C(=O)CC3)CC2)nc(-c2ccc(Cl)cc2)n1. The predicted octanol–water partition coefficient (Wildman–Crippen LogP) is 1.60. The molecule has 1 aromatic carbocycles. The number of hydrazone groups is 1. The summed E-state index contributed by atoms with van der Waals surface area (Å²) >= 11 is 6.05. The van der Waals surface area contributed by atoms with Gasteiger partial charge in [-0.3, -0.25) is 14.4 Å². The summed E-state index contributed by atoms with van der Waals surface area (Å²) in [5.74, 6) is 1.63. The third kappa shape index (κ3) is 6.28. The molecular formula is C24H29ClN8O3. The van der Waals surface area contributed by atoms with Crippen molar-refractivity contribution >= 4 is 46.7 Å². The molecule has 11 nitrogen and oxygen atoms in total. The number of nitrogens with one attached hydrogen (secondary N) is 2. The Morgan fingerprint density at radius 3 is 2.42 bits per heavy atom. The Balaban J connectivity index is 1.48. The third-order valence-electron chi connectivity index (χ3n) is 5.97. The molecule has 36 heavy (non-hydrogen) atoms. The van der Waals surface area contributed by atoms with Gasteiger partial charge in [0.1, 0.15) is 17.3 Å². The highest BCUT2D eigenvalue weighted by Gasteiger charge is 2.29. The van der Waals surface area contributed by atoms with Gasteiger partial charge in [-0.2, -0.15) is 5.10 Å². The summed E-state index contributed by atoms with van der Waals surface area (Å²) in [6.45, 7) is 4.67. The van der Waals surface area contributed by atoms with Crippen molar-refractivity contribution in [3.05, 3.63) is 35.4 Å². The van der Waals surface area contributed by atoms with Crippen molar-refractivity contribution in [1.82, 2.24) is 25.2 Å². The minimum atomic E-state index is -0.126. The number of anilines is 2. The maximum Gasteiger partial charge on any atom is 0.270 e. The van der Waals surface area contributed by atoms with Crippen molar-refractivity contribution in [2.24, 2.45) is 5.10 Å². The molecular weight excluding hydrogens is 484 g/mol. The molecule has 0 aliphatic carbocycles. The first-order valence-corrected chi connectivity index (χ1v) is 12.2. The average molecular weight is 513 g/mol. The topological polar surface area (TPSA) is 123 Å². The minimum Gasteiger partial charge on any atom is -0.368 e. The lowest BCUT2D eigenvalue weighted by Gasteiger charge is -2.36. The van der Waals surface area contributed by atoms with Gasteiger partial charge in [0, 0.05) is 82.7 Å². The number of hydrogen-bond donors (Lipinski definition) is 2. The van der Waals surface area contributed by atoms with E-state index in [4.69, 9.17) is 16.6 Å². The van der Waals surface area contributed by atoms with Gasteiger partial charge in [-0.1, -0.05) is 11.6 Å². The molecule has 190 valence electrons. The Bertz CT molecular complexity index is 1160. The van der Waals surface area contributed by atoms with E-state index in [1.807, 2.05) is 18.2 Å². The van der Waals surface area contributed by atoms with Crippen LogP contribution in [0.15, 0.2) is 35.4 Å². The highest BCUT2D eigenvalue weighted by molar-refractivity contribution is 6.39. The van der Waals surface area contributed by atoms with Gasteiger partial charge in [0.25, 0.3) is 5.91 Å². The molecule has 0 spiro atoms. The fraction of sp³-hybridized carbons (Fsp3) is 0.417. The lowest BCUT2D eigenvalue weighted by atomic mass is 10.1. The van der Waals surface area contributed by atoms with E-state index in [0.29, 0.717) is 74.5 Å². The van der Waals surface area contributed by atoms with Crippen molar-refractivity contribution in [2.45, 2.75) is 19.8 Å². The average Bonchev–Trinajstić information content (AvgIpc) is 2.88. The van der Waals surface area contributed by atoms with Crippen molar-refractivity contribution in [1.29, 1.82) is 0 Å². The summed E-state index contributed by atoms with van der Waals surface area (Å²) < 4.78 is 0. The number of carbonyl (C=O) groups is 3. The summed E-state index contributed by atoms with van der Waals surface area (Å²) in [4.78, 5) is 49.1. The first-order valence-electron chi connectivity index (χ1n) is 11.8. The number of rotatable bonds is 7. The summed E-state index contributed by atoms with van der Waals surface area (Å²) in [6, 6.07) is 9.19. The molecule has 4 rings (SSSR count). The van der Waals surface area contributed by atoms with Gasteiger partial charge in [0.2, 0.25) is 11.8 Å². The molecule has 1 fully saturated rings. The molecule has 2 aliphatic heterocycles. The van der Waals surface area contributed by atoms with Gasteiger partial charge in [-0.15, -0.1) is 0 Å². The van der Waals surface area contributed by atoms with Gasteiger partial charge >= 0.3 is 0 Å². The van der Waals surface area contributed by atoms with E-state index in [1.165, 1.54) is 11.9 Å². The van der Waals surface area contributed by atoms with E-state index in [9.17, 15) is 14.4 Å². The minimum absolute atomic E-state index is 0.0851. The molecule has 1 aromatic heterocycles. The van der Waals surface area contributed by atoms with E-state index in [1.54, 1.807) is 24.1 Å². The first kappa shape index (κ1) is 25.4. The normalized spacial score (nSPS) is 16.0. The van der Waals surface area contributed by atoms with Crippen molar-refractivity contribution < 1.29 is 14.4 Å². The molecule has 3 heterocycles. The van der Waals surface area contributed by atoms with Gasteiger partial charge in [0.05, 0.1) is 0 Å². The van der Waals surface area contributed by atoms with Crippen LogP contribution in [0.25, 0.3) is 11.4 Å². The largest absolute Gasteiger partial charge is 0.368 e. The number of carbonyl (C=O) groups excluding carboxylic acids is 3. The molecule has 2 aromatic rings. The van der Waals surface area contributed by atoms with Crippen LogP contribution in [0.2, 0.25) is 5.02 Å². The van der Waals surface area contributed by atoms with E-state index in [-0.39, 0.29) is 17.7 Å². The van der Waals surface area contributed by atoms with Crippen LogP contribution in [0.1, 0.15) is 19.8 Å². The van der Waals surface area contributed by atoms with Gasteiger partial charge in [0.15, 0.2) is 5.82 Å². The maximum absolute atomic E-state index is 12.9. The molecule has 2 N–H and O–H groups in total. The van der Waals surface area contributed by atoms with Crippen molar-refractivity contribution in [3.8, 4) is 11.4 Å². The Kier molecular flexibility index (Phi) is 7.99. The molecule has 0 unspecified atom stereocenters. The van der Waals surface area contributed by atoms with Crippen LogP contribution in [0.5, 0.6) is 0 Å². The van der Waals surface area contributed by atoms with E-state index >= 15 is 0 Å².